The summed E-state index contributed by atoms with van der Waals surface area (Å²) in [5.41, 5.74) is 0.244. The molecule has 19 heavy (non-hydrogen) atoms. The third-order valence-corrected chi connectivity index (χ3v) is 5.36. The first-order valence-electron chi connectivity index (χ1n) is 6.49. The van der Waals surface area contributed by atoms with Gasteiger partial charge in [-0.25, -0.2) is 0 Å². The molecule has 0 aliphatic heterocycles. The molecule has 1 aliphatic carbocycles. The van der Waals surface area contributed by atoms with Crippen molar-refractivity contribution in [2.45, 2.75) is 31.3 Å². The van der Waals surface area contributed by atoms with Crippen molar-refractivity contribution in [1.29, 1.82) is 0 Å². The van der Waals surface area contributed by atoms with Crippen molar-refractivity contribution < 1.29 is 0 Å². The summed E-state index contributed by atoms with van der Waals surface area (Å²) < 4.78 is 2.87. The summed E-state index contributed by atoms with van der Waals surface area (Å²) in [6, 6.07) is 4.14. The molecule has 0 atom stereocenters. The van der Waals surface area contributed by atoms with Gasteiger partial charge in [0.25, 0.3) is 0 Å². The van der Waals surface area contributed by atoms with E-state index in [9.17, 15) is 0 Å². The van der Waals surface area contributed by atoms with E-state index in [4.69, 9.17) is 12.2 Å². The second kappa shape index (κ2) is 4.85. The normalized spacial score (nSPS) is 17.6. The number of nitrogens with one attached hydrogen (secondary N) is 1. The molecule has 4 nitrogen and oxygen atoms in total. The van der Waals surface area contributed by atoms with E-state index in [1.165, 1.54) is 24.1 Å². The summed E-state index contributed by atoms with van der Waals surface area (Å²) in [5.74, 6) is 0.966. The molecule has 2 aromatic heterocycles. The lowest BCUT2D eigenvalue weighted by atomic mass is 9.75. The maximum atomic E-state index is 5.40. The molecule has 0 amide bonds. The lowest BCUT2D eigenvalue weighted by Gasteiger charge is -2.47. The summed E-state index contributed by atoms with van der Waals surface area (Å²) in [6.45, 7) is 0.919. The van der Waals surface area contributed by atoms with Crippen LogP contribution in [0.4, 0.5) is 0 Å². The Hall–Kier alpha value is -0.980. The van der Waals surface area contributed by atoms with Crippen LogP contribution in [0.3, 0.4) is 0 Å². The first-order valence-corrected chi connectivity index (χ1v) is 7.78. The SMILES string of the molecule is CN(C)C1(Cn2c(-c3cccs3)n[nH]c2=S)CCC1. The van der Waals surface area contributed by atoms with Gasteiger partial charge < -0.3 is 4.90 Å². The van der Waals surface area contributed by atoms with Gasteiger partial charge in [-0.15, -0.1) is 11.3 Å². The van der Waals surface area contributed by atoms with Crippen molar-refractivity contribution in [1.82, 2.24) is 19.7 Å². The van der Waals surface area contributed by atoms with Crippen molar-refractivity contribution >= 4 is 23.6 Å². The molecular weight excluding hydrogens is 276 g/mol. The van der Waals surface area contributed by atoms with Gasteiger partial charge in [0, 0.05) is 12.1 Å². The summed E-state index contributed by atoms with van der Waals surface area (Å²) >= 11 is 7.10. The Morgan fingerprint density at radius 3 is 2.84 bits per heavy atom. The molecule has 1 saturated carbocycles. The molecule has 0 aromatic carbocycles. The van der Waals surface area contributed by atoms with Crippen molar-refractivity contribution in [3.63, 3.8) is 0 Å². The molecule has 3 rings (SSSR count). The maximum absolute atomic E-state index is 5.40. The second-order valence-corrected chi connectivity index (χ2v) is 6.72. The van der Waals surface area contributed by atoms with Gasteiger partial charge in [-0.05, 0) is 57.0 Å². The Kier molecular flexibility index (Phi) is 3.32. The van der Waals surface area contributed by atoms with Gasteiger partial charge in [0.05, 0.1) is 4.88 Å². The predicted molar refractivity (Wildman–Crippen MR) is 81.0 cm³/mol. The number of aromatic amines is 1. The molecule has 2 heterocycles. The Morgan fingerprint density at radius 2 is 2.32 bits per heavy atom. The number of hydrogen-bond acceptors (Lipinski definition) is 4. The van der Waals surface area contributed by atoms with Gasteiger partial charge in [0.2, 0.25) is 0 Å². The fourth-order valence-corrected chi connectivity index (χ4v) is 3.60. The number of hydrogen-bond donors (Lipinski definition) is 1. The van der Waals surface area contributed by atoms with Gasteiger partial charge in [-0.2, -0.15) is 5.10 Å². The quantitative estimate of drug-likeness (QED) is 0.880. The fourth-order valence-electron chi connectivity index (χ4n) is 2.68. The number of rotatable bonds is 4. The molecule has 0 radical (unpaired) electrons. The lowest BCUT2D eigenvalue weighted by molar-refractivity contribution is 0.0424. The zero-order chi connectivity index (χ0) is 13.5. The molecule has 102 valence electrons. The lowest BCUT2D eigenvalue weighted by Crippen LogP contribution is -2.53. The Labute approximate surface area is 122 Å². The van der Waals surface area contributed by atoms with E-state index in [0.29, 0.717) is 0 Å². The van der Waals surface area contributed by atoms with Gasteiger partial charge in [-0.1, -0.05) is 6.07 Å². The third-order valence-electron chi connectivity index (χ3n) is 4.19. The third kappa shape index (κ3) is 2.17. The largest absolute Gasteiger partial charge is 0.302 e. The van der Waals surface area contributed by atoms with E-state index < -0.39 is 0 Å². The highest BCUT2D eigenvalue weighted by molar-refractivity contribution is 7.71. The minimum Gasteiger partial charge on any atom is -0.302 e. The smallest absolute Gasteiger partial charge is 0.195 e. The van der Waals surface area contributed by atoms with Crippen molar-refractivity contribution in [2.75, 3.05) is 14.1 Å². The van der Waals surface area contributed by atoms with Crippen LogP contribution in [0.1, 0.15) is 19.3 Å². The second-order valence-electron chi connectivity index (χ2n) is 5.39. The molecule has 0 saturated heterocycles. The van der Waals surface area contributed by atoms with Crippen LogP contribution >= 0.6 is 23.6 Å². The summed E-state index contributed by atoms with van der Waals surface area (Å²) in [7, 11) is 4.32. The van der Waals surface area contributed by atoms with E-state index in [1.54, 1.807) is 11.3 Å². The molecule has 0 bridgehead atoms. The Balaban J connectivity index is 1.97. The number of H-pyrrole nitrogens is 1. The van der Waals surface area contributed by atoms with Gasteiger partial charge in [-0.3, -0.25) is 9.67 Å². The monoisotopic (exact) mass is 294 g/mol. The van der Waals surface area contributed by atoms with Gasteiger partial charge in [0.1, 0.15) is 0 Å². The van der Waals surface area contributed by atoms with Crippen LogP contribution in [-0.4, -0.2) is 39.3 Å². The molecule has 1 aliphatic rings. The molecule has 0 unspecified atom stereocenters. The average molecular weight is 294 g/mol. The predicted octanol–water partition coefficient (Wildman–Crippen LogP) is 3.15. The molecule has 6 heteroatoms. The first kappa shape index (κ1) is 13.0. The van der Waals surface area contributed by atoms with Crippen molar-refractivity contribution in [2.24, 2.45) is 0 Å². The highest BCUT2D eigenvalue weighted by Gasteiger charge is 2.40. The number of aromatic nitrogens is 3. The van der Waals surface area contributed by atoms with Crippen molar-refractivity contribution in [3.8, 4) is 10.7 Å². The summed E-state index contributed by atoms with van der Waals surface area (Å²) in [6.07, 6.45) is 3.77. The van der Waals surface area contributed by atoms with Gasteiger partial charge >= 0.3 is 0 Å². The van der Waals surface area contributed by atoms with E-state index in [1.807, 2.05) is 6.07 Å². The first-order chi connectivity index (χ1) is 9.12. The number of thiophene rings is 1. The van der Waals surface area contributed by atoms with E-state index >= 15 is 0 Å². The summed E-state index contributed by atoms with van der Waals surface area (Å²) in [4.78, 5) is 3.50. The molecular formula is C13H18N4S2. The van der Waals surface area contributed by atoms with Crippen LogP contribution in [-0.2, 0) is 6.54 Å². The van der Waals surface area contributed by atoms with Crippen LogP contribution < -0.4 is 0 Å². The van der Waals surface area contributed by atoms with Crippen LogP contribution in [0.2, 0.25) is 0 Å². The summed E-state index contributed by atoms with van der Waals surface area (Å²) in [5, 5.41) is 9.41. The zero-order valence-electron chi connectivity index (χ0n) is 11.2. The molecule has 2 aromatic rings. The minimum absolute atomic E-state index is 0.244. The number of nitrogens with zero attached hydrogens (tertiary/aromatic N) is 3. The van der Waals surface area contributed by atoms with Crippen LogP contribution in [0, 0.1) is 4.77 Å². The molecule has 1 fully saturated rings. The van der Waals surface area contributed by atoms with Gasteiger partial charge in [0.15, 0.2) is 10.6 Å². The standard InChI is InChI=1S/C13H18N4S2/c1-16(2)13(6-4-7-13)9-17-11(14-15-12(17)18)10-5-3-8-19-10/h3,5,8H,4,6-7,9H2,1-2H3,(H,15,18). The Bertz CT molecular complexity index is 605. The zero-order valence-corrected chi connectivity index (χ0v) is 12.9. The topological polar surface area (TPSA) is 36.9 Å². The van der Waals surface area contributed by atoms with Crippen LogP contribution in [0.15, 0.2) is 17.5 Å². The fraction of sp³-hybridized carbons (Fsp3) is 0.538. The highest BCUT2D eigenvalue weighted by atomic mass is 32.1. The van der Waals surface area contributed by atoms with Crippen LogP contribution in [0.5, 0.6) is 0 Å². The van der Waals surface area contributed by atoms with E-state index in [2.05, 4.69) is 45.2 Å². The maximum Gasteiger partial charge on any atom is 0.195 e. The molecule has 0 spiro atoms. The number of likely N-dealkylation sites (N-methyl/N-ethyl adjacent to an activating group) is 1. The molecule has 1 N–H and O–H groups in total. The van der Waals surface area contributed by atoms with E-state index in [0.717, 1.165) is 17.1 Å². The Morgan fingerprint density at radius 1 is 1.53 bits per heavy atom. The average Bonchev–Trinajstić information content (AvgIpc) is 2.93. The van der Waals surface area contributed by atoms with Crippen LogP contribution in [0.25, 0.3) is 10.7 Å². The highest BCUT2D eigenvalue weighted by Crippen LogP contribution is 2.38. The van der Waals surface area contributed by atoms with E-state index in [-0.39, 0.29) is 5.54 Å². The minimum atomic E-state index is 0.244. The van der Waals surface area contributed by atoms with Crippen molar-refractivity contribution in [3.05, 3.63) is 22.3 Å².